The van der Waals surface area contributed by atoms with Crippen molar-refractivity contribution in [3.05, 3.63) is 29.6 Å². The zero-order chi connectivity index (χ0) is 16.3. The summed E-state index contributed by atoms with van der Waals surface area (Å²) in [5, 5.41) is 2.87. The number of amides is 1. The molecule has 1 atom stereocenters. The highest BCUT2D eigenvalue weighted by Gasteiger charge is 2.43. The summed E-state index contributed by atoms with van der Waals surface area (Å²) in [5.41, 5.74) is 1.06. The Hall–Kier alpha value is -1.95. The number of aromatic nitrogens is 1. The first kappa shape index (κ1) is 15.9. The minimum Gasteiger partial charge on any atom is -0.465 e. The van der Waals surface area contributed by atoms with Gasteiger partial charge in [0.15, 0.2) is 0 Å². The summed E-state index contributed by atoms with van der Waals surface area (Å²) in [6.07, 6.45) is 7.36. The van der Waals surface area contributed by atoms with E-state index in [1.54, 1.807) is 12.1 Å². The van der Waals surface area contributed by atoms with Crippen LogP contribution in [0.4, 0.5) is 0 Å². The second-order valence-corrected chi connectivity index (χ2v) is 6.28. The van der Waals surface area contributed by atoms with Gasteiger partial charge in [-0.25, -0.2) is 4.79 Å². The molecule has 1 amide bonds. The van der Waals surface area contributed by atoms with Crippen molar-refractivity contribution >= 4 is 11.9 Å². The van der Waals surface area contributed by atoms with Crippen LogP contribution in [-0.2, 0) is 20.8 Å². The van der Waals surface area contributed by atoms with Crippen molar-refractivity contribution < 1.29 is 19.1 Å². The Balaban J connectivity index is 1.51. The summed E-state index contributed by atoms with van der Waals surface area (Å²) >= 11 is 0. The topological polar surface area (TPSA) is 77.5 Å². The van der Waals surface area contributed by atoms with E-state index in [2.05, 4.69) is 15.0 Å². The maximum atomic E-state index is 12.3. The SMILES string of the molecule is COC(=O)c1ccc(CNC(=O)C2CCCC3(CCC3)O2)nc1. The summed E-state index contributed by atoms with van der Waals surface area (Å²) in [7, 11) is 1.33. The molecule has 1 aliphatic heterocycles. The Labute approximate surface area is 135 Å². The second-order valence-electron chi connectivity index (χ2n) is 6.28. The lowest BCUT2D eigenvalue weighted by atomic mass is 9.74. The third-order valence-electron chi connectivity index (χ3n) is 4.74. The first-order valence-electron chi connectivity index (χ1n) is 8.11. The van der Waals surface area contributed by atoms with E-state index in [-0.39, 0.29) is 17.6 Å². The molecule has 23 heavy (non-hydrogen) atoms. The third-order valence-corrected chi connectivity index (χ3v) is 4.74. The van der Waals surface area contributed by atoms with Gasteiger partial charge in [0, 0.05) is 6.20 Å². The maximum Gasteiger partial charge on any atom is 0.339 e. The van der Waals surface area contributed by atoms with Crippen LogP contribution in [0.1, 0.15) is 54.6 Å². The average molecular weight is 318 g/mol. The van der Waals surface area contributed by atoms with Gasteiger partial charge in [-0.2, -0.15) is 0 Å². The monoisotopic (exact) mass is 318 g/mol. The molecule has 1 aliphatic carbocycles. The van der Waals surface area contributed by atoms with Gasteiger partial charge in [0.05, 0.1) is 30.5 Å². The Morgan fingerprint density at radius 2 is 2.13 bits per heavy atom. The summed E-state index contributed by atoms with van der Waals surface area (Å²) in [6.45, 7) is 0.327. The molecule has 2 heterocycles. The van der Waals surface area contributed by atoms with Crippen LogP contribution in [-0.4, -0.2) is 35.7 Å². The van der Waals surface area contributed by atoms with E-state index in [0.717, 1.165) is 32.1 Å². The lowest BCUT2D eigenvalue weighted by Gasteiger charge is -2.47. The van der Waals surface area contributed by atoms with Crippen LogP contribution in [0.5, 0.6) is 0 Å². The standard InChI is InChI=1S/C17H22N2O4/c1-22-16(21)12-5-6-13(18-10-12)11-19-15(20)14-4-2-7-17(23-14)8-3-9-17/h5-6,10,14H,2-4,7-9,11H2,1H3,(H,19,20). The van der Waals surface area contributed by atoms with Crippen LogP contribution < -0.4 is 5.32 Å². The number of pyridine rings is 1. The average Bonchev–Trinajstić information content (AvgIpc) is 2.58. The van der Waals surface area contributed by atoms with Gasteiger partial charge in [-0.15, -0.1) is 0 Å². The fourth-order valence-electron chi connectivity index (χ4n) is 3.21. The Morgan fingerprint density at radius 1 is 1.35 bits per heavy atom. The van der Waals surface area contributed by atoms with Crippen LogP contribution in [0.3, 0.4) is 0 Å². The van der Waals surface area contributed by atoms with Gasteiger partial charge in [0.1, 0.15) is 6.10 Å². The zero-order valence-corrected chi connectivity index (χ0v) is 13.3. The number of hydrogen-bond donors (Lipinski definition) is 1. The minimum atomic E-state index is -0.422. The summed E-state index contributed by atoms with van der Waals surface area (Å²) in [6, 6.07) is 3.35. The van der Waals surface area contributed by atoms with Crippen LogP contribution in [0.15, 0.2) is 18.3 Å². The number of hydrogen-bond acceptors (Lipinski definition) is 5. The van der Waals surface area contributed by atoms with Gasteiger partial charge in [-0.1, -0.05) is 0 Å². The van der Waals surface area contributed by atoms with Crippen LogP contribution in [0.25, 0.3) is 0 Å². The predicted molar refractivity (Wildman–Crippen MR) is 82.7 cm³/mol. The Morgan fingerprint density at radius 3 is 2.74 bits per heavy atom. The predicted octanol–water partition coefficient (Wildman–Crippen LogP) is 1.98. The summed E-state index contributed by atoms with van der Waals surface area (Å²) in [5.74, 6) is -0.496. The minimum absolute atomic E-state index is 0.0271. The number of methoxy groups -OCH3 is 1. The van der Waals surface area contributed by atoms with Crippen molar-refractivity contribution in [2.75, 3.05) is 7.11 Å². The molecule has 0 aromatic carbocycles. The van der Waals surface area contributed by atoms with E-state index < -0.39 is 5.97 Å². The molecule has 0 radical (unpaired) electrons. The molecule has 2 aliphatic rings. The molecule has 1 N–H and O–H groups in total. The lowest BCUT2D eigenvalue weighted by molar-refractivity contribution is -0.180. The van der Waals surface area contributed by atoms with E-state index in [4.69, 9.17) is 4.74 Å². The van der Waals surface area contributed by atoms with Gasteiger partial charge in [0.2, 0.25) is 5.91 Å². The first-order valence-corrected chi connectivity index (χ1v) is 8.11. The molecule has 1 spiro atoms. The van der Waals surface area contributed by atoms with Crippen LogP contribution in [0.2, 0.25) is 0 Å². The quantitative estimate of drug-likeness (QED) is 0.859. The highest BCUT2D eigenvalue weighted by Crippen LogP contribution is 2.44. The smallest absolute Gasteiger partial charge is 0.339 e. The fourth-order valence-corrected chi connectivity index (χ4v) is 3.21. The number of nitrogens with one attached hydrogen (secondary N) is 1. The molecule has 6 heteroatoms. The third kappa shape index (κ3) is 3.52. The number of esters is 1. The Bertz CT molecular complexity index is 581. The first-order chi connectivity index (χ1) is 11.1. The second kappa shape index (κ2) is 6.66. The molecule has 1 saturated carbocycles. The number of nitrogens with zero attached hydrogens (tertiary/aromatic N) is 1. The normalized spacial score (nSPS) is 22.2. The van der Waals surface area contributed by atoms with E-state index in [0.29, 0.717) is 17.8 Å². The molecule has 0 bridgehead atoms. The highest BCUT2D eigenvalue weighted by molar-refractivity contribution is 5.88. The van der Waals surface area contributed by atoms with Gasteiger partial charge >= 0.3 is 5.97 Å². The molecule has 1 unspecified atom stereocenters. The van der Waals surface area contributed by atoms with Gasteiger partial charge in [-0.3, -0.25) is 9.78 Å². The highest BCUT2D eigenvalue weighted by atomic mass is 16.5. The van der Waals surface area contributed by atoms with Gasteiger partial charge in [0.25, 0.3) is 0 Å². The molecule has 124 valence electrons. The number of rotatable bonds is 4. The van der Waals surface area contributed by atoms with E-state index in [1.165, 1.54) is 19.7 Å². The van der Waals surface area contributed by atoms with Crippen molar-refractivity contribution in [1.82, 2.24) is 10.3 Å². The molecule has 1 saturated heterocycles. The zero-order valence-electron chi connectivity index (χ0n) is 13.3. The van der Waals surface area contributed by atoms with E-state index in [9.17, 15) is 9.59 Å². The number of ether oxygens (including phenoxy) is 2. The van der Waals surface area contributed by atoms with Crippen molar-refractivity contribution in [3.8, 4) is 0 Å². The molecule has 1 aromatic rings. The molecule has 6 nitrogen and oxygen atoms in total. The lowest BCUT2D eigenvalue weighted by Crippen LogP contribution is -2.50. The van der Waals surface area contributed by atoms with Crippen LogP contribution >= 0.6 is 0 Å². The largest absolute Gasteiger partial charge is 0.465 e. The molecular weight excluding hydrogens is 296 g/mol. The number of carbonyl (C=O) groups is 2. The van der Waals surface area contributed by atoms with Crippen LogP contribution in [0, 0.1) is 0 Å². The summed E-state index contributed by atoms with van der Waals surface area (Å²) < 4.78 is 10.7. The summed E-state index contributed by atoms with van der Waals surface area (Å²) in [4.78, 5) is 27.8. The van der Waals surface area contributed by atoms with E-state index >= 15 is 0 Å². The van der Waals surface area contributed by atoms with Gasteiger partial charge < -0.3 is 14.8 Å². The maximum absolute atomic E-state index is 12.3. The molecule has 1 aromatic heterocycles. The molecule has 3 rings (SSSR count). The van der Waals surface area contributed by atoms with E-state index in [1.807, 2.05) is 0 Å². The van der Waals surface area contributed by atoms with Crippen molar-refractivity contribution in [2.24, 2.45) is 0 Å². The van der Waals surface area contributed by atoms with Crippen molar-refractivity contribution in [1.29, 1.82) is 0 Å². The van der Waals surface area contributed by atoms with Crippen molar-refractivity contribution in [2.45, 2.75) is 56.8 Å². The number of carbonyl (C=O) groups excluding carboxylic acids is 2. The fraction of sp³-hybridized carbons (Fsp3) is 0.588. The molecular formula is C17H22N2O4. The van der Waals surface area contributed by atoms with Gasteiger partial charge in [-0.05, 0) is 50.7 Å². The Kier molecular flexibility index (Phi) is 4.61. The molecule has 2 fully saturated rings. The van der Waals surface area contributed by atoms with Crippen molar-refractivity contribution in [3.63, 3.8) is 0 Å².